The highest BCUT2D eigenvalue weighted by atomic mass is 32.2. The van der Waals surface area contributed by atoms with Crippen molar-refractivity contribution < 1.29 is 13.2 Å². The molecule has 2 aromatic heterocycles. The predicted octanol–water partition coefficient (Wildman–Crippen LogP) is 6.38. The monoisotopic (exact) mass is 575 g/mol. The van der Waals surface area contributed by atoms with Crippen molar-refractivity contribution in [3.05, 3.63) is 71.2 Å². The molecule has 0 saturated carbocycles. The molecule has 2 aromatic carbocycles. The van der Waals surface area contributed by atoms with Crippen molar-refractivity contribution in [1.82, 2.24) is 19.9 Å². The van der Waals surface area contributed by atoms with Crippen LogP contribution in [0.5, 0.6) is 5.75 Å². The Labute approximate surface area is 243 Å². The van der Waals surface area contributed by atoms with Crippen LogP contribution in [0.3, 0.4) is 0 Å². The number of piperidine rings is 1. The molecule has 0 atom stereocenters. The van der Waals surface area contributed by atoms with Crippen molar-refractivity contribution in [2.24, 2.45) is 0 Å². The molecule has 9 heteroatoms. The number of hydrogen-bond donors (Lipinski definition) is 2. The molecule has 3 heterocycles. The Bertz CT molecular complexity index is 1640. The molecule has 1 fully saturated rings. The van der Waals surface area contributed by atoms with Crippen molar-refractivity contribution in [3.63, 3.8) is 0 Å². The molecule has 41 heavy (non-hydrogen) atoms. The topological polar surface area (TPSA) is 100 Å². The van der Waals surface area contributed by atoms with Gasteiger partial charge in [-0.25, -0.2) is 18.4 Å². The van der Waals surface area contributed by atoms with Crippen LogP contribution in [-0.4, -0.2) is 59.8 Å². The van der Waals surface area contributed by atoms with Gasteiger partial charge >= 0.3 is 0 Å². The summed E-state index contributed by atoms with van der Waals surface area (Å²) in [6.07, 6.45) is 4.63. The van der Waals surface area contributed by atoms with Gasteiger partial charge in [0.1, 0.15) is 17.1 Å². The maximum absolute atomic E-state index is 13.1. The first kappa shape index (κ1) is 29.1. The number of nitrogens with zero attached hydrogens (tertiary/aromatic N) is 3. The van der Waals surface area contributed by atoms with Crippen molar-refractivity contribution >= 4 is 32.4 Å². The van der Waals surface area contributed by atoms with Gasteiger partial charge in [-0.1, -0.05) is 18.2 Å². The van der Waals surface area contributed by atoms with E-state index in [9.17, 15) is 8.42 Å². The van der Waals surface area contributed by atoms with E-state index in [4.69, 9.17) is 14.7 Å². The van der Waals surface area contributed by atoms with E-state index in [1.54, 1.807) is 32.0 Å². The summed E-state index contributed by atoms with van der Waals surface area (Å²) in [4.78, 5) is 15.6. The molecule has 5 rings (SSSR count). The lowest BCUT2D eigenvalue weighted by molar-refractivity contribution is 0.237. The van der Waals surface area contributed by atoms with Gasteiger partial charge in [-0.05, 0) is 109 Å². The lowest BCUT2D eigenvalue weighted by atomic mass is 9.85. The van der Waals surface area contributed by atoms with E-state index in [0.29, 0.717) is 29.7 Å². The molecule has 0 aliphatic carbocycles. The first-order chi connectivity index (χ1) is 19.5. The molecule has 8 nitrogen and oxygen atoms in total. The number of aromatic nitrogens is 3. The summed E-state index contributed by atoms with van der Waals surface area (Å²) in [7, 11) is -1.31. The van der Waals surface area contributed by atoms with Crippen molar-refractivity contribution in [2.45, 2.75) is 76.0 Å². The number of rotatable bonds is 9. The number of anilines is 2. The number of H-pyrrole nitrogens is 1. The van der Waals surface area contributed by atoms with E-state index in [-0.39, 0.29) is 11.0 Å². The zero-order valence-corrected chi connectivity index (χ0v) is 25.7. The maximum atomic E-state index is 13.1. The molecule has 0 radical (unpaired) electrons. The third-order valence-electron chi connectivity index (χ3n) is 7.84. The van der Waals surface area contributed by atoms with Crippen molar-refractivity contribution in [2.75, 3.05) is 25.5 Å². The Hall–Kier alpha value is -3.43. The normalized spacial score (nSPS) is 15.2. The smallest absolute Gasteiger partial charge is 0.182 e. The van der Waals surface area contributed by atoms with Gasteiger partial charge in [0, 0.05) is 18.2 Å². The van der Waals surface area contributed by atoms with E-state index in [1.807, 2.05) is 32.2 Å². The third kappa shape index (κ3) is 6.26. The number of hydrogen-bond acceptors (Lipinski definition) is 7. The van der Waals surface area contributed by atoms with Crippen LogP contribution in [0.25, 0.3) is 11.0 Å². The lowest BCUT2D eigenvalue weighted by Gasteiger charge is -2.30. The number of benzene rings is 2. The van der Waals surface area contributed by atoms with Gasteiger partial charge in [0.05, 0.1) is 27.5 Å². The first-order valence-corrected chi connectivity index (χ1v) is 16.0. The van der Waals surface area contributed by atoms with Gasteiger partial charge in [0.25, 0.3) is 0 Å². The van der Waals surface area contributed by atoms with Gasteiger partial charge in [-0.2, -0.15) is 0 Å². The molecule has 218 valence electrons. The second-order valence-corrected chi connectivity index (χ2v) is 14.2. The Morgan fingerprint density at radius 3 is 2.51 bits per heavy atom. The number of likely N-dealkylation sites (tertiary alicyclic amines) is 1. The highest BCUT2D eigenvalue weighted by Crippen LogP contribution is 2.36. The second-order valence-electron chi connectivity index (χ2n) is 11.7. The number of fused-ring (bicyclic) bond motifs is 1. The summed E-state index contributed by atoms with van der Waals surface area (Å²) in [5.74, 6) is 2.57. The Balaban J connectivity index is 1.52. The standard InChI is InChI=1S/C32H41N5O3S/c1-20(2)40-28-19-25(23-12-15-37(6)16-13-23)22(5)17-24(28)18-30-34-27-11-14-33-31(27)32(36-30)35-26-9-7-8-10-29(26)41(38,39)21(3)4/h7-11,14,17,19-21,23,33H,12-13,15-16,18H2,1-6H3,(H,34,35,36). The lowest BCUT2D eigenvalue weighted by Crippen LogP contribution is -2.29. The van der Waals surface area contributed by atoms with Crippen LogP contribution in [0.2, 0.25) is 0 Å². The Morgan fingerprint density at radius 1 is 1.07 bits per heavy atom. The highest BCUT2D eigenvalue weighted by molar-refractivity contribution is 7.92. The van der Waals surface area contributed by atoms with Crippen molar-refractivity contribution in [3.8, 4) is 5.75 Å². The second kappa shape index (κ2) is 11.8. The zero-order chi connectivity index (χ0) is 29.3. The molecule has 0 spiro atoms. The van der Waals surface area contributed by atoms with Crippen LogP contribution in [0, 0.1) is 6.92 Å². The molecular formula is C32H41N5O3S. The Kier molecular flexibility index (Phi) is 8.38. The van der Waals surface area contributed by atoms with Crippen LogP contribution in [0.15, 0.2) is 53.6 Å². The number of nitrogens with one attached hydrogen (secondary N) is 2. The highest BCUT2D eigenvalue weighted by Gasteiger charge is 2.25. The summed E-state index contributed by atoms with van der Waals surface area (Å²) >= 11 is 0. The van der Waals surface area contributed by atoms with Crippen LogP contribution in [0.1, 0.15) is 69.0 Å². The van der Waals surface area contributed by atoms with Crippen LogP contribution < -0.4 is 10.1 Å². The summed E-state index contributed by atoms with van der Waals surface area (Å²) in [6, 6.07) is 13.3. The molecule has 0 amide bonds. The number of sulfone groups is 1. The summed E-state index contributed by atoms with van der Waals surface area (Å²) < 4.78 is 32.5. The zero-order valence-electron chi connectivity index (χ0n) is 24.9. The molecule has 1 saturated heterocycles. The minimum atomic E-state index is -3.50. The van der Waals surface area contributed by atoms with E-state index in [2.05, 4.69) is 41.3 Å². The van der Waals surface area contributed by atoms with Gasteiger partial charge in [0.15, 0.2) is 15.7 Å². The molecular weight excluding hydrogens is 534 g/mol. The van der Waals surface area contributed by atoms with Crippen molar-refractivity contribution in [1.29, 1.82) is 0 Å². The number of aryl methyl sites for hydroxylation is 1. The van der Waals surface area contributed by atoms with Gasteiger partial charge in [0.2, 0.25) is 0 Å². The molecule has 2 N–H and O–H groups in total. The van der Waals surface area contributed by atoms with Gasteiger partial charge in [-0.3, -0.25) is 0 Å². The van der Waals surface area contributed by atoms with Crippen LogP contribution in [-0.2, 0) is 16.3 Å². The fourth-order valence-electron chi connectivity index (χ4n) is 5.56. The molecule has 0 unspecified atom stereocenters. The van der Waals surface area contributed by atoms with E-state index >= 15 is 0 Å². The minimum absolute atomic E-state index is 0.0338. The average Bonchev–Trinajstić information content (AvgIpc) is 3.40. The van der Waals surface area contributed by atoms with E-state index < -0.39 is 15.1 Å². The third-order valence-corrected chi connectivity index (χ3v) is 10.0. The van der Waals surface area contributed by atoms with E-state index in [0.717, 1.165) is 48.3 Å². The molecule has 0 bridgehead atoms. The molecule has 4 aromatic rings. The number of para-hydroxylation sites is 1. The summed E-state index contributed by atoms with van der Waals surface area (Å²) in [6.45, 7) is 11.9. The average molecular weight is 576 g/mol. The van der Waals surface area contributed by atoms with Crippen LogP contribution >= 0.6 is 0 Å². The first-order valence-electron chi connectivity index (χ1n) is 14.5. The quantitative estimate of drug-likeness (QED) is 0.239. The minimum Gasteiger partial charge on any atom is -0.491 e. The molecule has 1 aliphatic heterocycles. The van der Waals surface area contributed by atoms with Gasteiger partial charge < -0.3 is 19.9 Å². The largest absolute Gasteiger partial charge is 0.491 e. The predicted molar refractivity (Wildman–Crippen MR) is 165 cm³/mol. The van der Waals surface area contributed by atoms with E-state index in [1.165, 1.54) is 11.1 Å². The number of aromatic amines is 1. The fraction of sp³-hybridized carbons (Fsp3) is 0.438. The van der Waals surface area contributed by atoms with Crippen LogP contribution in [0.4, 0.5) is 11.5 Å². The summed E-state index contributed by atoms with van der Waals surface area (Å²) in [5.41, 5.74) is 5.63. The molecule has 1 aliphatic rings. The SMILES string of the molecule is Cc1cc(Cc2nc(Nc3ccccc3S(=O)(=O)C(C)C)c3[nH]ccc3n2)c(OC(C)C)cc1C1CCN(C)CC1. The maximum Gasteiger partial charge on any atom is 0.182 e. The number of ether oxygens (including phenoxy) is 1. The van der Waals surface area contributed by atoms with Gasteiger partial charge in [-0.15, -0.1) is 0 Å². The fourth-order valence-corrected chi connectivity index (χ4v) is 6.76. The summed E-state index contributed by atoms with van der Waals surface area (Å²) in [5, 5.41) is 2.76. The Morgan fingerprint density at radius 2 is 1.80 bits per heavy atom.